The molecular formula is C13H20N4O3. The van der Waals surface area contributed by atoms with E-state index >= 15 is 0 Å². The number of carbonyl (C=O) groups excluding carboxylic acids is 1. The van der Waals surface area contributed by atoms with Gasteiger partial charge in [-0.2, -0.15) is 4.98 Å². The summed E-state index contributed by atoms with van der Waals surface area (Å²) in [4.78, 5) is 18.2. The first kappa shape index (κ1) is 13.5. The van der Waals surface area contributed by atoms with Crippen LogP contribution in [0.15, 0.2) is 4.52 Å². The summed E-state index contributed by atoms with van der Waals surface area (Å²) in [6.45, 7) is 4.04. The van der Waals surface area contributed by atoms with Gasteiger partial charge in [0.2, 0.25) is 11.8 Å². The van der Waals surface area contributed by atoms with Crippen molar-refractivity contribution in [2.45, 2.75) is 25.2 Å². The number of ether oxygens (including phenoxy) is 1. The number of hydrogen-bond acceptors (Lipinski definition) is 6. The third-order valence-corrected chi connectivity index (χ3v) is 3.55. The van der Waals surface area contributed by atoms with E-state index in [2.05, 4.69) is 20.4 Å². The number of rotatable bonds is 6. The Kier molecular flexibility index (Phi) is 4.27. The van der Waals surface area contributed by atoms with Gasteiger partial charge in [0, 0.05) is 32.0 Å². The van der Waals surface area contributed by atoms with E-state index in [0.717, 1.165) is 31.8 Å². The van der Waals surface area contributed by atoms with Crippen LogP contribution in [0.4, 0.5) is 0 Å². The van der Waals surface area contributed by atoms with Crippen molar-refractivity contribution in [3.05, 3.63) is 11.7 Å². The van der Waals surface area contributed by atoms with Gasteiger partial charge in [-0.25, -0.2) is 0 Å². The van der Waals surface area contributed by atoms with Gasteiger partial charge in [0.15, 0.2) is 5.82 Å². The maximum atomic E-state index is 11.8. The molecule has 1 saturated heterocycles. The molecule has 3 rings (SSSR count). The highest BCUT2D eigenvalue weighted by molar-refractivity contribution is 5.78. The molecule has 1 aromatic heterocycles. The largest absolute Gasteiger partial charge is 0.379 e. The monoisotopic (exact) mass is 280 g/mol. The van der Waals surface area contributed by atoms with Gasteiger partial charge in [0.05, 0.1) is 19.8 Å². The first-order valence-electron chi connectivity index (χ1n) is 7.20. The topological polar surface area (TPSA) is 80.5 Å². The lowest BCUT2D eigenvalue weighted by Crippen LogP contribution is -2.43. The zero-order valence-corrected chi connectivity index (χ0v) is 11.5. The van der Waals surface area contributed by atoms with Crippen molar-refractivity contribution in [3.8, 4) is 0 Å². The molecule has 0 spiro atoms. The molecular weight excluding hydrogens is 260 g/mol. The number of morpholine rings is 1. The Balaban J connectivity index is 1.34. The van der Waals surface area contributed by atoms with Crippen molar-refractivity contribution in [2.75, 3.05) is 39.4 Å². The highest BCUT2D eigenvalue weighted by Gasteiger charge is 2.29. The van der Waals surface area contributed by atoms with Crippen LogP contribution in [0.1, 0.15) is 30.5 Å². The molecule has 0 bridgehead atoms. The Hall–Kier alpha value is -1.47. The molecule has 0 aromatic carbocycles. The lowest BCUT2D eigenvalue weighted by Gasteiger charge is -2.25. The summed E-state index contributed by atoms with van der Waals surface area (Å²) >= 11 is 0. The summed E-state index contributed by atoms with van der Waals surface area (Å²) in [7, 11) is 0. The summed E-state index contributed by atoms with van der Waals surface area (Å²) < 4.78 is 10.4. The second kappa shape index (κ2) is 6.32. The van der Waals surface area contributed by atoms with E-state index < -0.39 is 0 Å². The molecule has 2 fully saturated rings. The molecule has 2 aliphatic rings. The van der Waals surface area contributed by atoms with E-state index in [0.29, 0.717) is 44.5 Å². The molecule has 20 heavy (non-hydrogen) atoms. The number of hydrogen-bond donors (Lipinski definition) is 1. The molecule has 1 aromatic rings. The lowest BCUT2D eigenvalue weighted by atomic mass is 10.3. The molecule has 1 aliphatic carbocycles. The SMILES string of the molecule is O=C(CN1CCOCC1)NCCc1noc(C2CC2)n1. The molecule has 0 atom stereocenters. The summed E-state index contributed by atoms with van der Waals surface area (Å²) in [6, 6.07) is 0. The van der Waals surface area contributed by atoms with Gasteiger partial charge < -0.3 is 14.6 Å². The molecule has 1 amide bonds. The fourth-order valence-corrected chi connectivity index (χ4v) is 2.20. The number of carbonyl (C=O) groups is 1. The number of aromatic nitrogens is 2. The molecule has 7 heteroatoms. The van der Waals surface area contributed by atoms with Gasteiger partial charge in [0.1, 0.15) is 0 Å². The summed E-state index contributed by atoms with van der Waals surface area (Å²) in [5.74, 6) is 1.95. The summed E-state index contributed by atoms with van der Waals surface area (Å²) in [6.07, 6.45) is 2.92. The fourth-order valence-electron chi connectivity index (χ4n) is 2.20. The van der Waals surface area contributed by atoms with E-state index in [4.69, 9.17) is 9.26 Å². The predicted octanol–water partition coefficient (Wildman–Crippen LogP) is -0.0621. The average molecular weight is 280 g/mol. The van der Waals surface area contributed by atoms with E-state index in [-0.39, 0.29) is 5.91 Å². The van der Waals surface area contributed by atoms with Gasteiger partial charge in [-0.3, -0.25) is 9.69 Å². The fraction of sp³-hybridized carbons (Fsp3) is 0.769. The maximum absolute atomic E-state index is 11.8. The number of nitrogens with zero attached hydrogens (tertiary/aromatic N) is 3. The zero-order valence-electron chi connectivity index (χ0n) is 11.5. The van der Waals surface area contributed by atoms with Crippen LogP contribution in [0.3, 0.4) is 0 Å². The van der Waals surface area contributed by atoms with E-state index in [1.807, 2.05) is 0 Å². The Labute approximate surface area is 117 Å². The molecule has 1 aliphatic heterocycles. The van der Waals surface area contributed by atoms with Gasteiger partial charge in [-0.15, -0.1) is 0 Å². The number of nitrogens with one attached hydrogen (secondary N) is 1. The molecule has 0 unspecified atom stereocenters. The number of amides is 1. The molecule has 7 nitrogen and oxygen atoms in total. The third kappa shape index (κ3) is 3.77. The quantitative estimate of drug-likeness (QED) is 0.786. The second-order valence-corrected chi connectivity index (χ2v) is 5.31. The highest BCUT2D eigenvalue weighted by Crippen LogP contribution is 2.38. The Morgan fingerprint density at radius 3 is 2.90 bits per heavy atom. The van der Waals surface area contributed by atoms with E-state index in [1.54, 1.807) is 0 Å². The smallest absolute Gasteiger partial charge is 0.234 e. The van der Waals surface area contributed by atoms with Crippen molar-refractivity contribution in [1.29, 1.82) is 0 Å². The third-order valence-electron chi connectivity index (χ3n) is 3.55. The average Bonchev–Trinajstić information content (AvgIpc) is 3.20. The summed E-state index contributed by atoms with van der Waals surface area (Å²) in [5, 5.41) is 6.82. The maximum Gasteiger partial charge on any atom is 0.234 e. The van der Waals surface area contributed by atoms with Crippen molar-refractivity contribution >= 4 is 5.91 Å². The van der Waals surface area contributed by atoms with Crippen molar-refractivity contribution in [2.24, 2.45) is 0 Å². The van der Waals surface area contributed by atoms with Crippen molar-refractivity contribution in [1.82, 2.24) is 20.4 Å². The van der Waals surface area contributed by atoms with E-state index in [1.165, 1.54) is 0 Å². The first-order chi connectivity index (χ1) is 9.81. The van der Waals surface area contributed by atoms with Gasteiger partial charge in [-0.1, -0.05) is 5.16 Å². The van der Waals surface area contributed by atoms with Crippen LogP contribution >= 0.6 is 0 Å². The van der Waals surface area contributed by atoms with Crippen molar-refractivity contribution in [3.63, 3.8) is 0 Å². The van der Waals surface area contributed by atoms with E-state index in [9.17, 15) is 4.79 Å². The Morgan fingerprint density at radius 2 is 2.15 bits per heavy atom. The van der Waals surface area contributed by atoms with Gasteiger partial charge in [0.25, 0.3) is 0 Å². The lowest BCUT2D eigenvalue weighted by molar-refractivity contribution is -0.123. The molecule has 1 saturated carbocycles. The highest BCUT2D eigenvalue weighted by atomic mass is 16.5. The van der Waals surface area contributed by atoms with Gasteiger partial charge >= 0.3 is 0 Å². The van der Waals surface area contributed by atoms with Crippen LogP contribution in [0.25, 0.3) is 0 Å². The molecule has 2 heterocycles. The van der Waals surface area contributed by atoms with Gasteiger partial charge in [-0.05, 0) is 12.8 Å². The minimum atomic E-state index is 0.0396. The van der Waals surface area contributed by atoms with Crippen LogP contribution < -0.4 is 5.32 Å². The molecule has 110 valence electrons. The normalized spacial score (nSPS) is 20.0. The Morgan fingerprint density at radius 1 is 1.35 bits per heavy atom. The second-order valence-electron chi connectivity index (χ2n) is 5.31. The van der Waals surface area contributed by atoms with Crippen LogP contribution in [-0.2, 0) is 16.0 Å². The Bertz CT molecular complexity index is 452. The van der Waals surface area contributed by atoms with Crippen LogP contribution in [0, 0.1) is 0 Å². The van der Waals surface area contributed by atoms with Crippen LogP contribution in [0.5, 0.6) is 0 Å². The van der Waals surface area contributed by atoms with Crippen LogP contribution in [-0.4, -0.2) is 60.3 Å². The molecule has 1 N–H and O–H groups in total. The molecule has 0 radical (unpaired) electrons. The van der Waals surface area contributed by atoms with Crippen molar-refractivity contribution < 1.29 is 14.1 Å². The minimum absolute atomic E-state index is 0.0396. The summed E-state index contributed by atoms with van der Waals surface area (Å²) in [5.41, 5.74) is 0. The predicted molar refractivity (Wildman–Crippen MR) is 70.2 cm³/mol. The first-order valence-corrected chi connectivity index (χ1v) is 7.20. The minimum Gasteiger partial charge on any atom is -0.379 e. The standard InChI is InChI=1S/C13H20N4O3/c18-12(9-17-5-7-19-8-6-17)14-4-3-11-15-13(20-16-11)10-1-2-10/h10H,1-9H2,(H,14,18). The van der Waals surface area contributed by atoms with Crippen LogP contribution in [0.2, 0.25) is 0 Å². The zero-order chi connectivity index (χ0) is 13.8.